The van der Waals surface area contributed by atoms with E-state index in [2.05, 4.69) is 32.9 Å². The summed E-state index contributed by atoms with van der Waals surface area (Å²) < 4.78 is 0. The van der Waals surface area contributed by atoms with Crippen LogP contribution in [0.2, 0.25) is 0 Å². The molecule has 0 bridgehead atoms. The molecule has 0 fully saturated rings. The number of nitrogens with zero attached hydrogens (tertiary/aromatic N) is 2. The molecule has 1 heterocycles. The van der Waals surface area contributed by atoms with Gasteiger partial charge in [0.15, 0.2) is 5.96 Å². The molecule has 0 atom stereocenters. The Kier molecular flexibility index (Phi) is 8.08. The minimum atomic E-state index is -0.0628. The van der Waals surface area contributed by atoms with Crippen molar-refractivity contribution in [3.63, 3.8) is 0 Å². The van der Waals surface area contributed by atoms with Crippen molar-refractivity contribution >= 4 is 23.2 Å². The number of aryl methyl sites for hydroxylation is 1. The largest absolute Gasteiger partial charge is 0.357 e. The highest BCUT2D eigenvalue weighted by Crippen LogP contribution is 2.11. The van der Waals surface area contributed by atoms with Crippen LogP contribution in [0.3, 0.4) is 0 Å². The lowest BCUT2D eigenvalue weighted by molar-refractivity contribution is 0.0963. The van der Waals surface area contributed by atoms with Crippen LogP contribution in [-0.4, -0.2) is 43.5 Å². The average molecular weight is 374 g/mol. The predicted octanol–water partition coefficient (Wildman–Crippen LogP) is 2.15. The molecule has 6 nitrogen and oxygen atoms in total. The average Bonchev–Trinajstić information content (AvgIpc) is 3.06. The van der Waals surface area contributed by atoms with Crippen molar-refractivity contribution in [1.29, 1.82) is 0 Å². The van der Waals surface area contributed by atoms with Crippen LogP contribution in [0.1, 0.15) is 32.7 Å². The van der Waals surface area contributed by atoms with Crippen molar-refractivity contribution in [2.75, 3.05) is 26.7 Å². The van der Waals surface area contributed by atoms with E-state index in [-0.39, 0.29) is 5.91 Å². The van der Waals surface area contributed by atoms with E-state index in [0.717, 1.165) is 42.5 Å². The molecule has 0 aliphatic carbocycles. The maximum Gasteiger partial charge on any atom is 0.251 e. The third-order valence-electron chi connectivity index (χ3n) is 3.73. The summed E-state index contributed by atoms with van der Waals surface area (Å²) in [6, 6.07) is 7.69. The zero-order chi connectivity index (χ0) is 18.8. The number of guanidine groups is 1. The summed E-state index contributed by atoms with van der Waals surface area (Å²) in [5, 5.41) is 10.4. The molecule has 2 aromatic rings. The number of hydrogen-bond donors (Lipinski definition) is 3. The van der Waals surface area contributed by atoms with Gasteiger partial charge >= 0.3 is 0 Å². The Balaban J connectivity index is 1.84. The van der Waals surface area contributed by atoms with Crippen molar-refractivity contribution in [1.82, 2.24) is 20.9 Å². The maximum atomic E-state index is 11.7. The summed E-state index contributed by atoms with van der Waals surface area (Å²) in [6.07, 6.45) is 3.57. The number of thiazole rings is 1. The van der Waals surface area contributed by atoms with E-state index in [9.17, 15) is 4.79 Å². The normalized spacial score (nSPS) is 11.3. The first-order chi connectivity index (χ1) is 12.6. The Morgan fingerprint density at radius 1 is 1.27 bits per heavy atom. The molecule has 0 radical (unpaired) electrons. The third kappa shape index (κ3) is 6.48. The molecule has 140 valence electrons. The fraction of sp³-hybridized carbons (Fsp3) is 0.421. The first-order valence-electron chi connectivity index (χ1n) is 8.87. The number of amides is 1. The summed E-state index contributed by atoms with van der Waals surface area (Å²) in [5.74, 6) is 0.746. The number of benzene rings is 1. The van der Waals surface area contributed by atoms with Crippen molar-refractivity contribution in [2.45, 2.75) is 26.7 Å². The lowest BCUT2D eigenvalue weighted by Crippen LogP contribution is -2.38. The lowest BCUT2D eigenvalue weighted by Gasteiger charge is -2.11. The van der Waals surface area contributed by atoms with Crippen molar-refractivity contribution in [2.24, 2.45) is 4.99 Å². The molecule has 3 N–H and O–H groups in total. The van der Waals surface area contributed by atoms with Crippen LogP contribution in [-0.2, 0) is 12.8 Å². The summed E-state index contributed by atoms with van der Waals surface area (Å²) in [4.78, 5) is 21.9. The van der Waals surface area contributed by atoms with Gasteiger partial charge in [0.05, 0.1) is 5.01 Å². The van der Waals surface area contributed by atoms with Crippen LogP contribution in [0.4, 0.5) is 0 Å². The standard InChI is InChI=1S/C19H27N5OS/c1-4-21-19(23-11-9-17-24-13-14(2)26-17)22-10-8-15-6-5-7-16(12-15)18(25)20-3/h5-7,12-13H,4,8-11H2,1-3H3,(H,20,25)(H2,21,22,23). The molecule has 7 heteroatoms. The second-order valence-electron chi connectivity index (χ2n) is 5.83. The smallest absolute Gasteiger partial charge is 0.251 e. The quantitative estimate of drug-likeness (QED) is 0.489. The summed E-state index contributed by atoms with van der Waals surface area (Å²) in [6.45, 7) is 6.38. The minimum absolute atomic E-state index is 0.0628. The number of carbonyl (C=O) groups is 1. The van der Waals surface area contributed by atoms with Gasteiger partial charge < -0.3 is 16.0 Å². The number of nitrogens with one attached hydrogen (secondary N) is 3. The Labute approximate surface area is 159 Å². The van der Waals surface area contributed by atoms with Gasteiger partial charge in [-0.2, -0.15) is 0 Å². The topological polar surface area (TPSA) is 78.4 Å². The highest BCUT2D eigenvalue weighted by molar-refractivity contribution is 7.11. The molecular weight excluding hydrogens is 346 g/mol. The summed E-state index contributed by atoms with van der Waals surface area (Å²) >= 11 is 1.72. The van der Waals surface area contributed by atoms with E-state index >= 15 is 0 Å². The summed E-state index contributed by atoms with van der Waals surface area (Å²) in [7, 11) is 1.64. The highest BCUT2D eigenvalue weighted by atomic mass is 32.1. The Bertz CT molecular complexity index is 741. The number of aliphatic imine (C=N–C) groups is 1. The number of hydrogen-bond acceptors (Lipinski definition) is 4. The van der Waals surface area contributed by atoms with Gasteiger partial charge in [-0.05, 0) is 38.0 Å². The van der Waals surface area contributed by atoms with Crippen molar-refractivity contribution < 1.29 is 4.79 Å². The van der Waals surface area contributed by atoms with E-state index in [1.165, 1.54) is 4.88 Å². The van der Waals surface area contributed by atoms with Crippen LogP contribution < -0.4 is 16.0 Å². The van der Waals surface area contributed by atoms with Gasteiger partial charge in [0.1, 0.15) is 0 Å². The first kappa shape index (κ1) is 19.9. The van der Waals surface area contributed by atoms with Crippen LogP contribution in [0.5, 0.6) is 0 Å². The SMILES string of the molecule is CCNC(=NCCc1ncc(C)s1)NCCc1cccc(C(=O)NC)c1. The van der Waals surface area contributed by atoms with Gasteiger partial charge in [-0.25, -0.2) is 4.98 Å². The van der Waals surface area contributed by atoms with E-state index in [1.54, 1.807) is 18.4 Å². The van der Waals surface area contributed by atoms with Crippen LogP contribution in [0.15, 0.2) is 35.5 Å². The van der Waals surface area contributed by atoms with Crippen molar-refractivity contribution in [3.05, 3.63) is 51.5 Å². The van der Waals surface area contributed by atoms with E-state index in [4.69, 9.17) is 0 Å². The highest BCUT2D eigenvalue weighted by Gasteiger charge is 2.04. The fourth-order valence-corrected chi connectivity index (χ4v) is 3.24. The summed E-state index contributed by atoms with van der Waals surface area (Å²) in [5.41, 5.74) is 1.80. The monoisotopic (exact) mass is 373 g/mol. The van der Waals surface area contributed by atoms with Gasteiger partial charge in [0, 0.05) is 49.7 Å². The second kappa shape index (κ2) is 10.6. The zero-order valence-electron chi connectivity index (χ0n) is 15.6. The lowest BCUT2D eigenvalue weighted by atomic mass is 10.1. The van der Waals surface area contributed by atoms with Crippen molar-refractivity contribution in [3.8, 4) is 0 Å². The molecule has 2 rings (SSSR count). The molecule has 0 saturated heterocycles. The molecule has 26 heavy (non-hydrogen) atoms. The molecule has 0 aliphatic heterocycles. The van der Waals surface area contributed by atoms with E-state index in [1.807, 2.05) is 37.4 Å². The molecule has 1 amide bonds. The van der Waals surface area contributed by atoms with Crippen LogP contribution in [0, 0.1) is 6.92 Å². The molecule has 0 aliphatic rings. The van der Waals surface area contributed by atoms with Gasteiger partial charge in [0.25, 0.3) is 5.91 Å². The molecule has 1 aromatic heterocycles. The van der Waals surface area contributed by atoms with Crippen LogP contribution >= 0.6 is 11.3 Å². The van der Waals surface area contributed by atoms with Gasteiger partial charge in [0.2, 0.25) is 0 Å². The van der Waals surface area contributed by atoms with Crippen LogP contribution in [0.25, 0.3) is 0 Å². The fourth-order valence-electron chi connectivity index (χ4n) is 2.46. The molecular formula is C19H27N5OS. The predicted molar refractivity (Wildman–Crippen MR) is 108 cm³/mol. The second-order valence-corrected chi connectivity index (χ2v) is 7.15. The zero-order valence-corrected chi connectivity index (χ0v) is 16.4. The van der Waals surface area contributed by atoms with Gasteiger partial charge in [-0.15, -0.1) is 11.3 Å². The van der Waals surface area contributed by atoms with Gasteiger partial charge in [-0.1, -0.05) is 12.1 Å². The number of carbonyl (C=O) groups excluding carboxylic acids is 1. The third-order valence-corrected chi connectivity index (χ3v) is 4.70. The Hall–Kier alpha value is -2.41. The molecule has 0 unspecified atom stereocenters. The maximum absolute atomic E-state index is 11.7. The van der Waals surface area contributed by atoms with E-state index < -0.39 is 0 Å². The Morgan fingerprint density at radius 2 is 2.12 bits per heavy atom. The number of rotatable bonds is 8. The van der Waals surface area contributed by atoms with Gasteiger partial charge in [-0.3, -0.25) is 9.79 Å². The molecule has 0 spiro atoms. The minimum Gasteiger partial charge on any atom is -0.357 e. The molecule has 0 saturated carbocycles. The Morgan fingerprint density at radius 3 is 2.81 bits per heavy atom. The van der Waals surface area contributed by atoms with E-state index in [0.29, 0.717) is 12.1 Å². The molecule has 1 aromatic carbocycles. The number of aromatic nitrogens is 1. The first-order valence-corrected chi connectivity index (χ1v) is 9.68.